The largest absolute Gasteiger partial charge is 0.454 e. The van der Waals surface area contributed by atoms with Gasteiger partial charge < -0.3 is 9.32 Å². The molecule has 9 aromatic carbocycles. The fraction of sp³-hybridized carbons (Fsp3) is 0. The van der Waals surface area contributed by atoms with E-state index in [1.807, 2.05) is 6.07 Å². The number of rotatable bonds is 7. The first-order valence-corrected chi connectivity index (χ1v) is 18.4. The second-order valence-electron chi connectivity index (χ2n) is 13.7. The molecule has 2 nitrogen and oxygen atoms in total. The summed E-state index contributed by atoms with van der Waals surface area (Å²) in [5.74, 6) is 0. The average molecular weight is 690 g/mol. The van der Waals surface area contributed by atoms with Crippen molar-refractivity contribution in [3.8, 4) is 44.5 Å². The van der Waals surface area contributed by atoms with Crippen molar-refractivity contribution in [1.82, 2.24) is 0 Å². The number of furan rings is 1. The third kappa shape index (κ3) is 5.53. The second-order valence-corrected chi connectivity index (χ2v) is 13.7. The molecule has 0 atom stereocenters. The van der Waals surface area contributed by atoms with E-state index in [4.69, 9.17) is 4.42 Å². The van der Waals surface area contributed by atoms with Gasteiger partial charge >= 0.3 is 0 Å². The molecule has 0 N–H and O–H groups in total. The first-order valence-electron chi connectivity index (χ1n) is 18.4. The molecule has 1 heterocycles. The van der Waals surface area contributed by atoms with E-state index in [1.165, 1.54) is 38.6 Å². The third-order valence-electron chi connectivity index (χ3n) is 10.5. The monoisotopic (exact) mass is 689 g/mol. The SMILES string of the molecule is c1ccc(-c2ccc(-c3ccccc3-c3ccccc3)c(-c3ccccc3N(c3ccc4ccccc4c3)c3cccc4c3oc3ccccc34)c2)cc1. The van der Waals surface area contributed by atoms with Crippen LogP contribution in [-0.4, -0.2) is 0 Å². The summed E-state index contributed by atoms with van der Waals surface area (Å²) in [5, 5.41) is 4.58. The predicted octanol–water partition coefficient (Wildman–Crippen LogP) is 14.9. The summed E-state index contributed by atoms with van der Waals surface area (Å²) in [6.07, 6.45) is 0. The third-order valence-corrected chi connectivity index (χ3v) is 10.5. The van der Waals surface area contributed by atoms with Gasteiger partial charge in [0.15, 0.2) is 5.58 Å². The van der Waals surface area contributed by atoms with Crippen molar-refractivity contribution in [3.05, 3.63) is 212 Å². The van der Waals surface area contributed by atoms with Crippen LogP contribution in [0.25, 0.3) is 77.2 Å². The summed E-state index contributed by atoms with van der Waals surface area (Å²) < 4.78 is 6.73. The highest BCUT2D eigenvalue weighted by Crippen LogP contribution is 2.48. The quantitative estimate of drug-likeness (QED) is 0.166. The normalized spacial score (nSPS) is 11.3. The Hall–Kier alpha value is -7.16. The topological polar surface area (TPSA) is 16.4 Å². The zero-order chi connectivity index (χ0) is 35.8. The molecule has 0 aliphatic carbocycles. The zero-order valence-electron chi connectivity index (χ0n) is 29.6. The highest BCUT2D eigenvalue weighted by atomic mass is 16.3. The van der Waals surface area contributed by atoms with Crippen LogP contribution in [0.2, 0.25) is 0 Å². The summed E-state index contributed by atoms with van der Waals surface area (Å²) in [5.41, 5.74) is 14.2. The number of hydrogen-bond acceptors (Lipinski definition) is 2. The van der Waals surface area contributed by atoms with Crippen molar-refractivity contribution in [1.29, 1.82) is 0 Å². The van der Waals surface area contributed by atoms with Crippen LogP contribution in [0.15, 0.2) is 217 Å². The Morgan fingerprint density at radius 3 is 1.76 bits per heavy atom. The molecule has 2 heteroatoms. The van der Waals surface area contributed by atoms with Gasteiger partial charge in [0.1, 0.15) is 5.58 Å². The molecule has 0 aliphatic rings. The number of fused-ring (bicyclic) bond motifs is 4. The van der Waals surface area contributed by atoms with Gasteiger partial charge in [-0.3, -0.25) is 0 Å². The molecule has 1 aromatic heterocycles. The Morgan fingerprint density at radius 1 is 0.315 bits per heavy atom. The van der Waals surface area contributed by atoms with Crippen molar-refractivity contribution in [3.63, 3.8) is 0 Å². The Labute approximate surface area is 314 Å². The molecule has 10 rings (SSSR count). The molecule has 10 aromatic rings. The van der Waals surface area contributed by atoms with E-state index in [9.17, 15) is 0 Å². The minimum Gasteiger partial charge on any atom is -0.454 e. The van der Waals surface area contributed by atoms with Crippen molar-refractivity contribution in [2.45, 2.75) is 0 Å². The van der Waals surface area contributed by atoms with Crippen LogP contribution >= 0.6 is 0 Å². The molecule has 0 spiro atoms. The first kappa shape index (κ1) is 31.6. The smallest absolute Gasteiger partial charge is 0.159 e. The lowest BCUT2D eigenvalue weighted by atomic mass is 9.86. The van der Waals surface area contributed by atoms with E-state index in [2.05, 4.69) is 211 Å². The maximum Gasteiger partial charge on any atom is 0.159 e. The van der Waals surface area contributed by atoms with Crippen molar-refractivity contribution in [2.24, 2.45) is 0 Å². The highest BCUT2D eigenvalue weighted by molar-refractivity contribution is 6.11. The minimum atomic E-state index is 0.856. The van der Waals surface area contributed by atoms with Crippen LogP contribution in [-0.2, 0) is 0 Å². The summed E-state index contributed by atoms with van der Waals surface area (Å²) in [4.78, 5) is 2.38. The van der Waals surface area contributed by atoms with Gasteiger partial charge in [-0.15, -0.1) is 0 Å². The van der Waals surface area contributed by atoms with Gasteiger partial charge in [-0.05, 0) is 86.1 Å². The predicted molar refractivity (Wildman–Crippen MR) is 228 cm³/mol. The number of anilines is 3. The van der Waals surface area contributed by atoms with Crippen LogP contribution in [0.5, 0.6) is 0 Å². The van der Waals surface area contributed by atoms with Crippen molar-refractivity contribution in [2.75, 3.05) is 4.90 Å². The van der Waals surface area contributed by atoms with Crippen molar-refractivity contribution < 1.29 is 4.42 Å². The van der Waals surface area contributed by atoms with Gasteiger partial charge in [-0.2, -0.15) is 0 Å². The maximum atomic E-state index is 6.73. The summed E-state index contributed by atoms with van der Waals surface area (Å²) in [6, 6.07) is 76.0. The fourth-order valence-electron chi connectivity index (χ4n) is 7.93. The van der Waals surface area contributed by atoms with E-state index in [0.717, 1.165) is 55.7 Å². The average Bonchev–Trinajstić information content (AvgIpc) is 3.64. The van der Waals surface area contributed by atoms with Crippen LogP contribution in [0, 0.1) is 0 Å². The van der Waals surface area contributed by atoms with Crippen LogP contribution in [0.1, 0.15) is 0 Å². The number of para-hydroxylation sites is 3. The van der Waals surface area contributed by atoms with Gasteiger partial charge in [0.2, 0.25) is 0 Å². The molecule has 0 saturated heterocycles. The Balaban J connectivity index is 1.27. The lowest BCUT2D eigenvalue weighted by Gasteiger charge is -2.29. The summed E-state index contributed by atoms with van der Waals surface area (Å²) in [6.45, 7) is 0. The Bertz CT molecular complexity index is 2940. The second kappa shape index (κ2) is 13.4. The van der Waals surface area contributed by atoms with E-state index in [-0.39, 0.29) is 0 Å². The van der Waals surface area contributed by atoms with E-state index < -0.39 is 0 Å². The number of nitrogens with zero attached hydrogens (tertiary/aromatic N) is 1. The lowest BCUT2D eigenvalue weighted by molar-refractivity contribution is 0.669. The Morgan fingerprint density at radius 2 is 0.926 bits per heavy atom. The van der Waals surface area contributed by atoms with E-state index >= 15 is 0 Å². The summed E-state index contributed by atoms with van der Waals surface area (Å²) >= 11 is 0. The molecule has 0 aliphatic heterocycles. The molecule has 0 saturated carbocycles. The van der Waals surface area contributed by atoms with Gasteiger partial charge in [0.05, 0.1) is 11.4 Å². The van der Waals surface area contributed by atoms with Crippen LogP contribution in [0.4, 0.5) is 17.1 Å². The lowest BCUT2D eigenvalue weighted by Crippen LogP contribution is -2.11. The highest BCUT2D eigenvalue weighted by Gasteiger charge is 2.24. The number of hydrogen-bond donors (Lipinski definition) is 0. The van der Waals surface area contributed by atoms with Gasteiger partial charge in [0.25, 0.3) is 0 Å². The standard InChI is InChI=1S/C52H35NO/c1-3-16-36(17-4-1)40-31-33-44(43-23-10-9-22-42(43)38-19-5-2-6-20-38)48(35-40)45-24-11-13-27-49(45)53(41-32-30-37-18-7-8-21-39(37)34-41)50-28-15-26-47-46-25-12-14-29-51(46)54-52(47)50/h1-35H. The molecule has 54 heavy (non-hydrogen) atoms. The van der Waals surface area contributed by atoms with Gasteiger partial charge in [0, 0.05) is 22.0 Å². The van der Waals surface area contributed by atoms with Gasteiger partial charge in [-0.1, -0.05) is 176 Å². The van der Waals surface area contributed by atoms with E-state index in [1.54, 1.807) is 0 Å². The molecule has 0 bridgehead atoms. The fourth-order valence-corrected chi connectivity index (χ4v) is 7.93. The molecule has 0 amide bonds. The first-order chi connectivity index (χ1) is 26.8. The van der Waals surface area contributed by atoms with Crippen LogP contribution < -0.4 is 4.90 Å². The van der Waals surface area contributed by atoms with Gasteiger partial charge in [-0.25, -0.2) is 0 Å². The molecule has 0 unspecified atom stereocenters. The molecular formula is C52H35NO. The Kier molecular flexibility index (Phi) is 7.85. The zero-order valence-corrected chi connectivity index (χ0v) is 29.6. The van der Waals surface area contributed by atoms with Crippen molar-refractivity contribution >= 4 is 49.8 Å². The minimum absolute atomic E-state index is 0.856. The maximum absolute atomic E-state index is 6.73. The molecule has 0 radical (unpaired) electrons. The number of benzene rings is 9. The molecule has 254 valence electrons. The molecule has 0 fully saturated rings. The van der Waals surface area contributed by atoms with E-state index in [0.29, 0.717) is 0 Å². The van der Waals surface area contributed by atoms with Crippen LogP contribution in [0.3, 0.4) is 0 Å². The molecular weight excluding hydrogens is 655 g/mol. The summed E-state index contributed by atoms with van der Waals surface area (Å²) in [7, 11) is 0.